The standard InChI is InChI=1S/C21H25N5O2S/c1-4-14-15(5-1)20(26-6-9-27-10-7-26)25-21-16(14)17-18(29-21)19(24-12-23-17)22-11-13-3-2-8-28-13/h12-13H,1-11H2,(H,22,23,24)/p+1/t13-/m0/s1. The van der Waals surface area contributed by atoms with Crippen molar-refractivity contribution in [2.75, 3.05) is 49.7 Å². The fraction of sp³-hybridized carbons (Fsp3) is 0.571. The van der Waals surface area contributed by atoms with Gasteiger partial charge in [-0.2, -0.15) is 0 Å². The molecule has 2 fully saturated rings. The third-order valence-electron chi connectivity index (χ3n) is 6.36. The van der Waals surface area contributed by atoms with E-state index in [0.29, 0.717) is 0 Å². The summed E-state index contributed by atoms with van der Waals surface area (Å²) < 4.78 is 12.5. The van der Waals surface area contributed by atoms with Gasteiger partial charge in [0, 0.05) is 18.7 Å². The molecule has 152 valence electrons. The number of nitrogens with zero attached hydrogens (tertiary/aromatic N) is 3. The molecule has 0 amide bonds. The van der Waals surface area contributed by atoms with Crippen molar-refractivity contribution < 1.29 is 14.5 Å². The number of pyridine rings is 1. The van der Waals surface area contributed by atoms with Crippen LogP contribution in [0.1, 0.15) is 30.4 Å². The second-order valence-electron chi connectivity index (χ2n) is 8.11. The predicted octanol–water partition coefficient (Wildman–Crippen LogP) is 2.57. The zero-order chi connectivity index (χ0) is 19.2. The molecule has 0 radical (unpaired) electrons. The lowest BCUT2D eigenvalue weighted by Crippen LogP contribution is -2.40. The van der Waals surface area contributed by atoms with Gasteiger partial charge in [0.25, 0.3) is 5.82 Å². The Morgan fingerprint density at radius 1 is 1.14 bits per heavy atom. The van der Waals surface area contributed by atoms with Crippen LogP contribution < -0.4 is 15.2 Å². The first-order valence-electron chi connectivity index (χ1n) is 10.7. The molecule has 3 aromatic rings. The normalized spacial score (nSPS) is 21.9. The molecule has 3 aromatic heterocycles. The van der Waals surface area contributed by atoms with E-state index in [9.17, 15) is 0 Å². The van der Waals surface area contributed by atoms with Crippen molar-refractivity contribution in [2.45, 2.75) is 38.2 Å². The average Bonchev–Trinajstić information content (AvgIpc) is 3.51. The van der Waals surface area contributed by atoms with Crippen molar-refractivity contribution in [1.29, 1.82) is 0 Å². The maximum Gasteiger partial charge on any atom is 0.279 e. The molecular formula is C21H26N5O2S+. The molecule has 2 aliphatic heterocycles. The molecule has 6 rings (SSSR count). The Hall–Kier alpha value is -2.03. The highest BCUT2D eigenvalue weighted by Gasteiger charge is 2.31. The lowest BCUT2D eigenvalue weighted by Gasteiger charge is -2.23. The first-order valence-corrected chi connectivity index (χ1v) is 11.5. The van der Waals surface area contributed by atoms with Gasteiger partial charge in [-0.15, -0.1) is 0 Å². The zero-order valence-corrected chi connectivity index (χ0v) is 17.3. The lowest BCUT2D eigenvalue weighted by molar-refractivity contribution is -0.328. The average molecular weight is 413 g/mol. The molecule has 0 spiro atoms. The predicted molar refractivity (Wildman–Crippen MR) is 114 cm³/mol. The molecule has 0 saturated carbocycles. The smallest absolute Gasteiger partial charge is 0.279 e. The molecule has 1 aliphatic carbocycles. The SMILES string of the molecule is c1nc(NC[C@@H]2CCCO2)c2sc3[nH+]c(N4CCOCC4)c4c(c3c2n1)CCC4. The number of hydrogen-bond acceptors (Lipinski definition) is 7. The number of ether oxygens (including phenoxy) is 2. The van der Waals surface area contributed by atoms with E-state index in [-0.39, 0.29) is 6.10 Å². The van der Waals surface area contributed by atoms with Gasteiger partial charge < -0.3 is 14.8 Å². The van der Waals surface area contributed by atoms with E-state index < -0.39 is 0 Å². The van der Waals surface area contributed by atoms with Crippen LogP contribution in [0.2, 0.25) is 0 Å². The topological polar surface area (TPSA) is 73.7 Å². The van der Waals surface area contributed by atoms with Crippen LogP contribution in [0.4, 0.5) is 11.6 Å². The summed E-state index contributed by atoms with van der Waals surface area (Å²) in [7, 11) is 0. The summed E-state index contributed by atoms with van der Waals surface area (Å²) in [5.41, 5.74) is 4.04. The monoisotopic (exact) mass is 412 g/mol. The van der Waals surface area contributed by atoms with Gasteiger partial charge in [0.2, 0.25) is 0 Å². The van der Waals surface area contributed by atoms with Crippen molar-refractivity contribution in [1.82, 2.24) is 9.97 Å². The lowest BCUT2D eigenvalue weighted by atomic mass is 10.1. The van der Waals surface area contributed by atoms with Gasteiger partial charge in [-0.25, -0.2) is 15.0 Å². The fourth-order valence-corrected chi connectivity index (χ4v) is 6.09. The molecular weight excluding hydrogens is 386 g/mol. The maximum atomic E-state index is 5.76. The van der Waals surface area contributed by atoms with E-state index >= 15 is 0 Å². The maximum absolute atomic E-state index is 5.76. The third kappa shape index (κ3) is 3.05. The van der Waals surface area contributed by atoms with Gasteiger partial charge in [-0.1, -0.05) is 11.3 Å². The number of aryl methyl sites for hydroxylation is 1. The van der Waals surface area contributed by atoms with Gasteiger partial charge in [0.15, 0.2) is 4.83 Å². The molecule has 0 bridgehead atoms. The van der Waals surface area contributed by atoms with E-state index in [4.69, 9.17) is 14.5 Å². The number of nitrogens with one attached hydrogen (secondary N) is 2. The molecule has 7 nitrogen and oxygen atoms in total. The van der Waals surface area contributed by atoms with Crippen LogP contribution in [-0.4, -0.2) is 55.5 Å². The molecule has 0 aromatic carbocycles. The molecule has 1 atom stereocenters. The largest absolute Gasteiger partial charge is 0.376 e. The Balaban J connectivity index is 1.45. The summed E-state index contributed by atoms with van der Waals surface area (Å²) >= 11 is 1.77. The van der Waals surface area contributed by atoms with Crippen LogP contribution in [0.3, 0.4) is 0 Å². The number of rotatable bonds is 4. The number of morpholine rings is 1. The van der Waals surface area contributed by atoms with Crippen LogP contribution >= 0.6 is 11.3 Å². The van der Waals surface area contributed by atoms with E-state index in [1.807, 2.05) is 0 Å². The van der Waals surface area contributed by atoms with Crippen molar-refractivity contribution >= 4 is 43.4 Å². The fourth-order valence-electron chi connectivity index (χ4n) is 4.94. The minimum atomic E-state index is 0.290. The number of fused-ring (bicyclic) bond motifs is 5. The van der Waals surface area contributed by atoms with E-state index in [1.54, 1.807) is 17.7 Å². The molecule has 8 heteroatoms. The van der Waals surface area contributed by atoms with Crippen LogP contribution in [0.15, 0.2) is 6.33 Å². The summed E-state index contributed by atoms with van der Waals surface area (Å²) in [5, 5.41) is 4.83. The second kappa shape index (κ2) is 7.34. The Kier molecular flexibility index (Phi) is 4.50. The number of H-pyrrole nitrogens is 1. The molecule has 0 unspecified atom stereocenters. The Labute approximate surface area is 173 Å². The summed E-state index contributed by atoms with van der Waals surface area (Å²) in [6.45, 7) is 5.19. The highest BCUT2D eigenvalue weighted by molar-refractivity contribution is 7.25. The van der Waals surface area contributed by atoms with Gasteiger partial charge in [0.1, 0.15) is 29.9 Å². The summed E-state index contributed by atoms with van der Waals surface area (Å²) in [5.74, 6) is 2.22. The highest BCUT2D eigenvalue weighted by Crippen LogP contribution is 2.41. The van der Waals surface area contributed by atoms with Crippen molar-refractivity contribution in [2.24, 2.45) is 0 Å². The number of anilines is 2. The molecule has 29 heavy (non-hydrogen) atoms. The first-order chi connectivity index (χ1) is 14.4. The number of thiophene rings is 1. The van der Waals surface area contributed by atoms with Crippen molar-refractivity contribution in [3.63, 3.8) is 0 Å². The van der Waals surface area contributed by atoms with Gasteiger partial charge in [0.05, 0.1) is 30.2 Å². The van der Waals surface area contributed by atoms with Crippen LogP contribution in [0.25, 0.3) is 20.4 Å². The van der Waals surface area contributed by atoms with Crippen LogP contribution in [0.5, 0.6) is 0 Å². The molecule has 5 heterocycles. The highest BCUT2D eigenvalue weighted by atomic mass is 32.1. The minimum absolute atomic E-state index is 0.290. The molecule has 2 saturated heterocycles. The van der Waals surface area contributed by atoms with Gasteiger partial charge >= 0.3 is 0 Å². The molecule has 3 aliphatic rings. The molecule has 2 N–H and O–H groups in total. The quantitative estimate of drug-likeness (QED) is 0.710. The van der Waals surface area contributed by atoms with Crippen molar-refractivity contribution in [3.8, 4) is 0 Å². The Bertz CT molecular complexity index is 1060. The minimum Gasteiger partial charge on any atom is -0.376 e. The van der Waals surface area contributed by atoms with E-state index in [2.05, 4.69) is 20.2 Å². The number of aromatic amines is 1. The summed E-state index contributed by atoms with van der Waals surface area (Å²) in [4.78, 5) is 16.7. The Morgan fingerprint density at radius 2 is 2.03 bits per heavy atom. The van der Waals surface area contributed by atoms with Crippen LogP contribution in [-0.2, 0) is 22.3 Å². The summed E-state index contributed by atoms with van der Waals surface area (Å²) in [6, 6.07) is 0. The van der Waals surface area contributed by atoms with Gasteiger partial charge in [-0.3, -0.25) is 4.90 Å². The summed E-state index contributed by atoms with van der Waals surface area (Å²) in [6.07, 6.45) is 7.75. The van der Waals surface area contributed by atoms with E-state index in [1.165, 1.54) is 33.6 Å². The Morgan fingerprint density at radius 3 is 2.90 bits per heavy atom. The van der Waals surface area contributed by atoms with Crippen LogP contribution in [0, 0.1) is 0 Å². The number of aromatic nitrogens is 3. The second-order valence-corrected chi connectivity index (χ2v) is 9.13. The van der Waals surface area contributed by atoms with E-state index in [0.717, 1.165) is 81.2 Å². The van der Waals surface area contributed by atoms with Crippen molar-refractivity contribution in [3.05, 3.63) is 17.5 Å². The first kappa shape index (κ1) is 17.8. The zero-order valence-electron chi connectivity index (χ0n) is 16.5. The third-order valence-corrected chi connectivity index (χ3v) is 7.46. The number of hydrogen-bond donors (Lipinski definition) is 1. The van der Waals surface area contributed by atoms with Gasteiger partial charge in [-0.05, 0) is 37.7 Å².